The van der Waals surface area contributed by atoms with Crippen molar-refractivity contribution < 1.29 is 0 Å². The predicted molar refractivity (Wildman–Crippen MR) is 105 cm³/mol. The lowest BCUT2D eigenvalue weighted by Crippen LogP contribution is -2.20. The summed E-state index contributed by atoms with van der Waals surface area (Å²) < 4.78 is 0. The van der Waals surface area contributed by atoms with Gasteiger partial charge in [0.05, 0.1) is 0 Å². The number of anilines is 2. The summed E-state index contributed by atoms with van der Waals surface area (Å²) in [6.45, 7) is 0. The molecule has 0 aromatic heterocycles. The number of halogens is 1. The molecule has 0 bridgehead atoms. The Morgan fingerprint density at radius 1 is 0.913 bits per heavy atom. The van der Waals surface area contributed by atoms with E-state index in [1.807, 2.05) is 54.6 Å². The van der Waals surface area contributed by atoms with Crippen LogP contribution in [-0.2, 0) is 0 Å². The van der Waals surface area contributed by atoms with Gasteiger partial charge in [0.25, 0.3) is 0 Å². The minimum absolute atomic E-state index is 0. The highest BCUT2D eigenvalue weighted by atomic mass is 35.5. The first-order valence-electron chi connectivity index (χ1n) is 6.92. The van der Waals surface area contributed by atoms with Gasteiger partial charge in [-0.2, -0.15) is 0 Å². The van der Waals surface area contributed by atoms with Gasteiger partial charge in [0.2, 0.25) is 0 Å². The van der Waals surface area contributed by atoms with Crippen molar-refractivity contribution >= 4 is 58.1 Å². The van der Waals surface area contributed by atoms with E-state index in [0.717, 1.165) is 27.7 Å². The zero-order chi connectivity index (χ0) is 15.4. The van der Waals surface area contributed by atoms with Gasteiger partial charge in [-0.25, -0.2) is 0 Å². The van der Waals surface area contributed by atoms with Crippen molar-refractivity contribution in [3.63, 3.8) is 0 Å². The number of guanidine groups is 1. The van der Waals surface area contributed by atoms with Crippen LogP contribution in [0.2, 0.25) is 0 Å². The average Bonchev–Trinajstić information content (AvgIpc) is 2.55. The Kier molecular flexibility index (Phi) is 5.68. The maximum atomic E-state index is 8.11. The third-order valence-electron chi connectivity index (χ3n) is 3.34. The molecule has 116 valence electrons. The summed E-state index contributed by atoms with van der Waals surface area (Å²) in [7, 11) is 0. The molecule has 0 heterocycles. The number of thiocarbonyl (C=S) groups is 1. The normalized spacial score (nSPS) is 9.74. The van der Waals surface area contributed by atoms with E-state index in [2.05, 4.69) is 22.8 Å². The van der Waals surface area contributed by atoms with Gasteiger partial charge in [0.1, 0.15) is 0 Å². The topological polar surface area (TPSA) is 47.9 Å². The van der Waals surface area contributed by atoms with Crippen LogP contribution in [-0.4, -0.2) is 11.3 Å². The second-order valence-electron chi connectivity index (χ2n) is 4.90. The molecular formula is C18H16ClN3S. The molecule has 0 aliphatic carbocycles. The molecule has 3 aromatic rings. The lowest BCUT2D eigenvalue weighted by atomic mass is 10.1. The van der Waals surface area contributed by atoms with Crippen LogP contribution < -0.4 is 10.6 Å². The van der Waals surface area contributed by atoms with Gasteiger partial charge in [-0.05, 0) is 29.1 Å². The lowest BCUT2D eigenvalue weighted by molar-refractivity contribution is 1.43. The zero-order valence-corrected chi connectivity index (χ0v) is 13.9. The molecule has 0 unspecified atom stereocenters. The first-order valence-corrected chi connectivity index (χ1v) is 7.39. The Morgan fingerprint density at radius 3 is 2.48 bits per heavy atom. The highest BCUT2D eigenvalue weighted by molar-refractivity contribution is 7.79. The van der Waals surface area contributed by atoms with Crippen molar-refractivity contribution in [3.8, 4) is 0 Å². The van der Waals surface area contributed by atoms with Crippen LogP contribution in [0, 0.1) is 5.41 Å². The molecule has 3 N–H and O–H groups in total. The number of hydrogen-bond donors (Lipinski definition) is 3. The van der Waals surface area contributed by atoms with Crippen molar-refractivity contribution in [2.75, 3.05) is 10.6 Å². The molecule has 0 aliphatic rings. The number of rotatable bonds is 3. The third-order valence-corrected chi connectivity index (χ3v) is 3.61. The molecule has 3 nitrogen and oxygen atoms in total. The summed E-state index contributed by atoms with van der Waals surface area (Å²) in [4.78, 5) is 0. The summed E-state index contributed by atoms with van der Waals surface area (Å²) in [5.74, 6) is 0.220. The Labute approximate surface area is 146 Å². The summed E-state index contributed by atoms with van der Waals surface area (Å²) >= 11 is 4.93. The van der Waals surface area contributed by atoms with Crippen molar-refractivity contribution in [2.24, 2.45) is 0 Å². The molecule has 3 aromatic carbocycles. The average molecular weight is 342 g/mol. The molecule has 23 heavy (non-hydrogen) atoms. The van der Waals surface area contributed by atoms with Gasteiger partial charge >= 0.3 is 0 Å². The standard InChI is InChI=1S/C18H15N3S.ClH/c19-18(20-15-8-3-5-13(11-15)12-22)21-17-10-4-7-14-6-1-2-9-16(14)17;/h1-12H,(H3,19,20,21);1H. The van der Waals surface area contributed by atoms with E-state index in [1.54, 1.807) is 5.37 Å². The predicted octanol–water partition coefficient (Wildman–Crippen LogP) is 5.07. The van der Waals surface area contributed by atoms with Crippen molar-refractivity contribution in [1.82, 2.24) is 0 Å². The Bertz CT molecular complexity index is 843. The number of hydrogen-bond acceptors (Lipinski definition) is 2. The van der Waals surface area contributed by atoms with Gasteiger partial charge in [-0.15, -0.1) is 12.4 Å². The summed E-state index contributed by atoms with van der Waals surface area (Å²) in [6, 6.07) is 21.7. The van der Waals surface area contributed by atoms with E-state index < -0.39 is 0 Å². The quantitative estimate of drug-likeness (QED) is 0.354. The zero-order valence-electron chi connectivity index (χ0n) is 12.2. The van der Waals surface area contributed by atoms with Crippen molar-refractivity contribution in [1.29, 1.82) is 5.41 Å². The molecule has 0 radical (unpaired) electrons. The Morgan fingerprint density at radius 2 is 1.65 bits per heavy atom. The maximum Gasteiger partial charge on any atom is 0.197 e. The molecule has 0 spiro atoms. The molecule has 0 amide bonds. The molecule has 0 aliphatic heterocycles. The van der Waals surface area contributed by atoms with Gasteiger partial charge in [0.15, 0.2) is 5.96 Å². The van der Waals surface area contributed by atoms with Crippen molar-refractivity contribution in [2.45, 2.75) is 0 Å². The molecule has 5 heteroatoms. The number of benzene rings is 3. The first-order chi connectivity index (χ1) is 10.8. The fourth-order valence-electron chi connectivity index (χ4n) is 2.33. The molecule has 0 saturated carbocycles. The van der Waals surface area contributed by atoms with Gasteiger partial charge in [-0.1, -0.05) is 60.7 Å². The minimum atomic E-state index is 0. The van der Waals surface area contributed by atoms with Crippen LogP contribution in [0.5, 0.6) is 0 Å². The summed E-state index contributed by atoms with van der Waals surface area (Å²) in [5.41, 5.74) is 2.68. The van der Waals surface area contributed by atoms with Gasteiger partial charge < -0.3 is 10.6 Å². The van der Waals surface area contributed by atoms with E-state index >= 15 is 0 Å². The SMILES string of the molecule is Cl.N=C(Nc1cccc(C=S)c1)Nc1cccc2ccccc12. The molecule has 0 saturated heterocycles. The summed E-state index contributed by atoms with van der Waals surface area (Å²) in [6.07, 6.45) is 0. The number of nitrogens with one attached hydrogen (secondary N) is 3. The molecule has 3 rings (SSSR count). The van der Waals surface area contributed by atoms with Crippen LogP contribution in [0.1, 0.15) is 5.56 Å². The van der Waals surface area contributed by atoms with Crippen LogP contribution in [0.15, 0.2) is 66.7 Å². The van der Waals surface area contributed by atoms with Crippen LogP contribution in [0.3, 0.4) is 0 Å². The summed E-state index contributed by atoms with van der Waals surface area (Å²) in [5, 5.41) is 18.1. The minimum Gasteiger partial charge on any atom is -0.326 e. The lowest BCUT2D eigenvalue weighted by Gasteiger charge is -2.12. The second-order valence-corrected chi connectivity index (χ2v) is 5.13. The van der Waals surface area contributed by atoms with Gasteiger partial charge in [0, 0.05) is 22.1 Å². The van der Waals surface area contributed by atoms with Gasteiger partial charge in [-0.3, -0.25) is 5.41 Å². The highest BCUT2D eigenvalue weighted by Crippen LogP contribution is 2.23. The van der Waals surface area contributed by atoms with Crippen LogP contribution >= 0.6 is 24.6 Å². The molecule has 0 fully saturated rings. The van der Waals surface area contributed by atoms with Crippen LogP contribution in [0.25, 0.3) is 10.8 Å². The van der Waals surface area contributed by atoms with Crippen LogP contribution in [0.4, 0.5) is 11.4 Å². The maximum absolute atomic E-state index is 8.11. The first kappa shape index (κ1) is 16.9. The number of fused-ring (bicyclic) bond motifs is 1. The van der Waals surface area contributed by atoms with E-state index in [0.29, 0.717) is 0 Å². The fourth-order valence-corrected chi connectivity index (χ4v) is 2.48. The van der Waals surface area contributed by atoms with Crippen molar-refractivity contribution in [3.05, 3.63) is 72.3 Å². The second kappa shape index (κ2) is 7.72. The van der Waals surface area contributed by atoms with E-state index in [-0.39, 0.29) is 18.4 Å². The largest absolute Gasteiger partial charge is 0.326 e. The Hall–Kier alpha value is -2.43. The smallest absolute Gasteiger partial charge is 0.197 e. The highest BCUT2D eigenvalue weighted by Gasteiger charge is 2.03. The molecular weight excluding hydrogens is 326 g/mol. The monoisotopic (exact) mass is 341 g/mol. The Balaban J connectivity index is 0.00000192. The van der Waals surface area contributed by atoms with E-state index in [4.69, 9.17) is 17.6 Å². The fraction of sp³-hybridized carbons (Fsp3) is 0. The van der Waals surface area contributed by atoms with E-state index in [1.165, 1.54) is 0 Å². The third kappa shape index (κ3) is 4.06. The van der Waals surface area contributed by atoms with E-state index in [9.17, 15) is 0 Å². The molecule has 0 atom stereocenters.